The number of nitrogens with two attached hydrogens (primary N) is 1. The van der Waals surface area contributed by atoms with Crippen molar-refractivity contribution < 1.29 is 4.74 Å². The van der Waals surface area contributed by atoms with Crippen molar-refractivity contribution in [2.24, 2.45) is 0 Å². The molecule has 0 spiro atoms. The predicted octanol–water partition coefficient (Wildman–Crippen LogP) is 3.10. The highest BCUT2D eigenvalue weighted by Gasteiger charge is 2.07. The van der Waals surface area contributed by atoms with Crippen LogP contribution in [0.2, 0.25) is 5.02 Å². The first-order chi connectivity index (χ1) is 8.06. The Labute approximate surface area is 105 Å². The summed E-state index contributed by atoms with van der Waals surface area (Å²) in [5, 5.41) is 7.28. The van der Waals surface area contributed by atoms with E-state index >= 15 is 0 Å². The molecule has 3 N–H and O–H groups in total. The summed E-state index contributed by atoms with van der Waals surface area (Å²) in [6.07, 6.45) is 0.0983. The van der Waals surface area contributed by atoms with Gasteiger partial charge in [-0.25, -0.2) is 0 Å². The van der Waals surface area contributed by atoms with E-state index in [2.05, 4.69) is 10.2 Å². The van der Waals surface area contributed by atoms with E-state index in [1.54, 1.807) is 6.07 Å². The van der Waals surface area contributed by atoms with Gasteiger partial charge in [0.1, 0.15) is 11.6 Å². The topological polar surface area (TPSA) is 63.9 Å². The molecule has 0 aliphatic rings. The largest absolute Gasteiger partial charge is 0.489 e. The van der Waals surface area contributed by atoms with Crippen molar-refractivity contribution in [3.8, 4) is 17.0 Å². The molecule has 5 heteroatoms. The number of hydrogen-bond donors (Lipinski definition) is 2. The minimum Gasteiger partial charge on any atom is -0.489 e. The lowest BCUT2D eigenvalue weighted by molar-refractivity contribution is 0.242. The number of benzene rings is 1. The summed E-state index contributed by atoms with van der Waals surface area (Å²) in [6, 6.07) is 7.34. The number of nitrogen functional groups attached to an aromatic ring is 1. The van der Waals surface area contributed by atoms with Crippen LogP contribution in [0.4, 0.5) is 5.82 Å². The SMILES string of the molecule is CC(C)Oc1ccc(-c2cc(N)n[nH]2)cc1Cl. The van der Waals surface area contributed by atoms with E-state index in [9.17, 15) is 0 Å². The van der Waals surface area contributed by atoms with Gasteiger partial charge < -0.3 is 10.5 Å². The molecular formula is C12H14ClN3O. The smallest absolute Gasteiger partial charge is 0.145 e. The van der Waals surface area contributed by atoms with Crippen LogP contribution in [0, 0.1) is 0 Å². The summed E-state index contributed by atoms with van der Waals surface area (Å²) < 4.78 is 5.56. The van der Waals surface area contributed by atoms with Crippen LogP contribution in [-0.2, 0) is 0 Å². The second kappa shape index (κ2) is 4.67. The molecular weight excluding hydrogens is 238 g/mol. The molecule has 1 aromatic carbocycles. The standard InChI is InChI=1S/C12H14ClN3O/c1-7(2)17-11-4-3-8(5-9(11)13)10-6-12(14)16-15-10/h3-7H,1-2H3,(H3,14,15,16). The third-order valence-corrected chi connectivity index (χ3v) is 2.50. The lowest BCUT2D eigenvalue weighted by atomic mass is 10.1. The molecule has 0 aliphatic carbocycles. The Morgan fingerprint density at radius 2 is 2.12 bits per heavy atom. The maximum absolute atomic E-state index is 6.14. The number of nitrogens with one attached hydrogen (secondary N) is 1. The van der Waals surface area contributed by atoms with Crippen molar-refractivity contribution in [3.63, 3.8) is 0 Å². The van der Waals surface area contributed by atoms with E-state index < -0.39 is 0 Å². The molecule has 0 atom stereocenters. The van der Waals surface area contributed by atoms with E-state index in [0.717, 1.165) is 11.3 Å². The fraction of sp³-hybridized carbons (Fsp3) is 0.250. The minimum atomic E-state index is 0.0983. The first kappa shape index (κ1) is 11.8. The van der Waals surface area contributed by atoms with Gasteiger partial charge in [-0.05, 0) is 32.0 Å². The van der Waals surface area contributed by atoms with Crippen molar-refractivity contribution >= 4 is 17.4 Å². The number of aromatic nitrogens is 2. The molecule has 0 amide bonds. The van der Waals surface area contributed by atoms with Gasteiger partial charge >= 0.3 is 0 Å². The molecule has 1 aromatic heterocycles. The highest BCUT2D eigenvalue weighted by atomic mass is 35.5. The average Bonchev–Trinajstić information content (AvgIpc) is 2.67. The maximum atomic E-state index is 6.14. The fourth-order valence-electron chi connectivity index (χ4n) is 1.50. The third-order valence-electron chi connectivity index (χ3n) is 2.20. The van der Waals surface area contributed by atoms with Gasteiger partial charge in [-0.2, -0.15) is 5.10 Å². The molecule has 1 heterocycles. The Morgan fingerprint density at radius 3 is 2.65 bits per heavy atom. The third kappa shape index (κ3) is 2.71. The lowest BCUT2D eigenvalue weighted by Crippen LogP contribution is -2.05. The number of hydrogen-bond acceptors (Lipinski definition) is 3. The Bertz CT molecular complexity index is 522. The van der Waals surface area contributed by atoms with Crippen LogP contribution in [0.25, 0.3) is 11.3 Å². The van der Waals surface area contributed by atoms with Crippen molar-refractivity contribution in [2.75, 3.05) is 5.73 Å². The summed E-state index contributed by atoms with van der Waals surface area (Å²) in [5.74, 6) is 1.14. The molecule has 4 nitrogen and oxygen atoms in total. The Morgan fingerprint density at radius 1 is 1.35 bits per heavy atom. The van der Waals surface area contributed by atoms with E-state index in [0.29, 0.717) is 16.6 Å². The van der Waals surface area contributed by atoms with Gasteiger partial charge in [-0.1, -0.05) is 11.6 Å². The van der Waals surface area contributed by atoms with Gasteiger partial charge in [0.15, 0.2) is 0 Å². The van der Waals surface area contributed by atoms with Crippen LogP contribution in [-0.4, -0.2) is 16.3 Å². The normalized spacial score (nSPS) is 10.8. The first-order valence-corrected chi connectivity index (χ1v) is 5.71. The second-order valence-electron chi connectivity index (χ2n) is 4.02. The Balaban J connectivity index is 2.30. The first-order valence-electron chi connectivity index (χ1n) is 5.33. The van der Waals surface area contributed by atoms with Crippen molar-refractivity contribution in [2.45, 2.75) is 20.0 Å². The van der Waals surface area contributed by atoms with Crippen LogP contribution in [0.1, 0.15) is 13.8 Å². The van der Waals surface area contributed by atoms with Gasteiger partial charge in [-0.3, -0.25) is 5.10 Å². The number of rotatable bonds is 3. The summed E-state index contributed by atoms with van der Waals surface area (Å²) in [7, 11) is 0. The summed E-state index contributed by atoms with van der Waals surface area (Å²) in [6.45, 7) is 3.92. The zero-order valence-electron chi connectivity index (χ0n) is 9.70. The monoisotopic (exact) mass is 251 g/mol. The number of nitrogens with zero attached hydrogens (tertiary/aromatic N) is 1. The molecule has 2 aromatic rings. The highest BCUT2D eigenvalue weighted by Crippen LogP contribution is 2.30. The number of aromatic amines is 1. The number of H-pyrrole nitrogens is 1. The quantitative estimate of drug-likeness (QED) is 0.881. The van der Waals surface area contributed by atoms with Crippen molar-refractivity contribution in [1.29, 1.82) is 0 Å². The predicted molar refractivity (Wildman–Crippen MR) is 69.2 cm³/mol. The minimum absolute atomic E-state index is 0.0983. The van der Waals surface area contributed by atoms with Crippen LogP contribution >= 0.6 is 11.6 Å². The number of ether oxygens (including phenoxy) is 1. The molecule has 90 valence electrons. The molecule has 0 radical (unpaired) electrons. The molecule has 0 aliphatic heterocycles. The van der Waals surface area contributed by atoms with E-state index in [-0.39, 0.29) is 6.10 Å². The van der Waals surface area contributed by atoms with Gasteiger partial charge in [-0.15, -0.1) is 0 Å². The second-order valence-corrected chi connectivity index (χ2v) is 4.43. The van der Waals surface area contributed by atoms with Crippen LogP contribution in [0.3, 0.4) is 0 Å². The number of anilines is 1. The van der Waals surface area contributed by atoms with Crippen LogP contribution in [0.5, 0.6) is 5.75 Å². The van der Waals surface area contributed by atoms with Gasteiger partial charge in [0.2, 0.25) is 0 Å². The van der Waals surface area contributed by atoms with Crippen LogP contribution in [0.15, 0.2) is 24.3 Å². The molecule has 0 saturated carbocycles. The molecule has 0 saturated heterocycles. The van der Waals surface area contributed by atoms with Gasteiger partial charge in [0.25, 0.3) is 0 Å². The fourth-order valence-corrected chi connectivity index (χ4v) is 1.73. The Hall–Kier alpha value is -1.68. The van der Waals surface area contributed by atoms with E-state index in [4.69, 9.17) is 22.1 Å². The van der Waals surface area contributed by atoms with E-state index in [1.807, 2.05) is 32.0 Å². The zero-order chi connectivity index (χ0) is 12.4. The lowest BCUT2D eigenvalue weighted by Gasteiger charge is -2.11. The van der Waals surface area contributed by atoms with Crippen molar-refractivity contribution in [3.05, 3.63) is 29.3 Å². The Kier molecular flexibility index (Phi) is 3.24. The van der Waals surface area contributed by atoms with Gasteiger partial charge in [0, 0.05) is 11.6 Å². The van der Waals surface area contributed by atoms with Crippen LogP contribution < -0.4 is 10.5 Å². The van der Waals surface area contributed by atoms with E-state index in [1.165, 1.54) is 0 Å². The molecule has 0 bridgehead atoms. The molecule has 0 fully saturated rings. The summed E-state index contributed by atoms with van der Waals surface area (Å²) >= 11 is 6.14. The maximum Gasteiger partial charge on any atom is 0.145 e. The average molecular weight is 252 g/mol. The number of halogens is 1. The van der Waals surface area contributed by atoms with Gasteiger partial charge in [0.05, 0.1) is 16.8 Å². The molecule has 2 rings (SSSR count). The zero-order valence-corrected chi connectivity index (χ0v) is 10.5. The highest BCUT2D eigenvalue weighted by molar-refractivity contribution is 6.32. The molecule has 17 heavy (non-hydrogen) atoms. The summed E-state index contributed by atoms with van der Waals surface area (Å²) in [5.41, 5.74) is 7.31. The molecule has 0 unspecified atom stereocenters. The van der Waals surface area contributed by atoms with Crippen molar-refractivity contribution in [1.82, 2.24) is 10.2 Å². The summed E-state index contributed by atoms with van der Waals surface area (Å²) in [4.78, 5) is 0.